The molecule has 3 rings (SSSR count). The number of nitrogens with one attached hydrogen (secondary N) is 1. The van der Waals surface area contributed by atoms with Gasteiger partial charge in [-0.2, -0.15) is 0 Å². The summed E-state index contributed by atoms with van der Waals surface area (Å²) in [6.07, 6.45) is 10.2. The van der Waals surface area contributed by atoms with Crippen LogP contribution in [0.4, 0.5) is 5.82 Å². The van der Waals surface area contributed by atoms with E-state index in [2.05, 4.69) is 15.3 Å². The van der Waals surface area contributed by atoms with Crippen LogP contribution in [-0.2, 0) is 12.8 Å². The Morgan fingerprint density at radius 1 is 1.17 bits per heavy atom. The third-order valence-electron chi connectivity index (χ3n) is 4.37. The smallest absolute Gasteiger partial charge is 0.132 e. The van der Waals surface area contributed by atoms with E-state index in [9.17, 15) is 0 Å². The van der Waals surface area contributed by atoms with Crippen molar-refractivity contribution in [1.82, 2.24) is 9.97 Å². The van der Waals surface area contributed by atoms with Crippen LogP contribution in [0.25, 0.3) is 0 Å². The van der Waals surface area contributed by atoms with E-state index < -0.39 is 0 Å². The van der Waals surface area contributed by atoms with Gasteiger partial charge in [0.25, 0.3) is 0 Å². The third kappa shape index (κ3) is 2.34. The normalized spacial score (nSPS) is 26.9. The summed E-state index contributed by atoms with van der Waals surface area (Å²) < 4.78 is 0. The average molecular weight is 246 g/mol. The molecule has 1 fully saturated rings. The molecule has 0 aromatic carbocycles. The van der Waals surface area contributed by atoms with Crippen molar-refractivity contribution in [2.45, 2.75) is 51.0 Å². The first-order valence-corrected chi connectivity index (χ1v) is 7.17. The first kappa shape index (κ1) is 11.9. The predicted molar refractivity (Wildman–Crippen MR) is 72.5 cm³/mol. The maximum Gasteiger partial charge on any atom is 0.132 e. The van der Waals surface area contributed by atoms with E-state index in [0.29, 0.717) is 12.0 Å². The minimum atomic E-state index is 0.362. The predicted octanol–water partition coefficient (Wildman–Crippen LogP) is 1.89. The number of aromatic nitrogens is 2. The molecule has 0 saturated heterocycles. The van der Waals surface area contributed by atoms with Crippen LogP contribution < -0.4 is 11.1 Å². The van der Waals surface area contributed by atoms with E-state index in [-0.39, 0.29) is 0 Å². The van der Waals surface area contributed by atoms with Crippen LogP contribution in [0.5, 0.6) is 0 Å². The van der Waals surface area contributed by atoms with E-state index in [1.807, 2.05) is 0 Å². The third-order valence-corrected chi connectivity index (χ3v) is 4.37. The lowest BCUT2D eigenvalue weighted by Gasteiger charge is -2.29. The van der Waals surface area contributed by atoms with Gasteiger partial charge in [-0.05, 0) is 38.0 Å². The molecule has 4 nitrogen and oxygen atoms in total. The molecule has 0 bridgehead atoms. The van der Waals surface area contributed by atoms with Crippen LogP contribution in [0.15, 0.2) is 6.33 Å². The SMILES string of the molecule is NC1CCCCC1CNc1ncnc2c1CCC2. The van der Waals surface area contributed by atoms with Crippen molar-refractivity contribution in [1.29, 1.82) is 0 Å². The monoisotopic (exact) mass is 246 g/mol. The molecule has 1 heterocycles. The fourth-order valence-corrected chi connectivity index (χ4v) is 3.23. The minimum absolute atomic E-state index is 0.362. The van der Waals surface area contributed by atoms with Crippen LogP contribution in [0, 0.1) is 5.92 Å². The number of hydrogen-bond acceptors (Lipinski definition) is 4. The molecule has 2 aliphatic rings. The molecule has 2 unspecified atom stereocenters. The van der Waals surface area contributed by atoms with Gasteiger partial charge in [-0.15, -0.1) is 0 Å². The highest BCUT2D eigenvalue weighted by Crippen LogP contribution is 2.27. The molecule has 0 amide bonds. The lowest BCUT2D eigenvalue weighted by Crippen LogP contribution is -2.37. The summed E-state index contributed by atoms with van der Waals surface area (Å²) in [5.74, 6) is 1.65. The van der Waals surface area contributed by atoms with Crippen molar-refractivity contribution < 1.29 is 0 Å². The van der Waals surface area contributed by atoms with Gasteiger partial charge in [-0.1, -0.05) is 12.8 Å². The maximum atomic E-state index is 6.18. The van der Waals surface area contributed by atoms with Crippen molar-refractivity contribution >= 4 is 5.82 Å². The zero-order valence-electron chi connectivity index (χ0n) is 10.9. The Morgan fingerprint density at radius 3 is 2.94 bits per heavy atom. The molecule has 1 saturated carbocycles. The Morgan fingerprint density at radius 2 is 2.06 bits per heavy atom. The largest absolute Gasteiger partial charge is 0.369 e. The van der Waals surface area contributed by atoms with E-state index in [0.717, 1.165) is 25.2 Å². The number of nitrogens with zero attached hydrogens (tertiary/aromatic N) is 2. The van der Waals surface area contributed by atoms with Gasteiger partial charge < -0.3 is 11.1 Å². The van der Waals surface area contributed by atoms with Crippen LogP contribution in [-0.4, -0.2) is 22.6 Å². The molecule has 0 radical (unpaired) electrons. The second-order valence-electron chi connectivity index (χ2n) is 5.59. The lowest BCUT2D eigenvalue weighted by atomic mass is 9.85. The topological polar surface area (TPSA) is 63.8 Å². The Kier molecular flexibility index (Phi) is 3.46. The van der Waals surface area contributed by atoms with Crippen LogP contribution in [0.3, 0.4) is 0 Å². The lowest BCUT2D eigenvalue weighted by molar-refractivity contribution is 0.321. The Balaban J connectivity index is 1.65. The Bertz CT molecular complexity index is 418. The zero-order valence-corrected chi connectivity index (χ0v) is 10.9. The highest BCUT2D eigenvalue weighted by Gasteiger charge is 2.23. The molecule has 1 aromatic heterocycles. The second kappa shape index (κ2) is 5.22. The molecular formula is C14H22N4. The summed E-state index contributed by atoms with van der Waals surface area (Å²) in [5.41, 5.74) is 8.75. The molecular weight excluding hydrogens is 224 g/mol. The van der Waals surface area contributed by atoms with Crippen molar-refractivity contribution in [3.8, 4) is 0 Å². The van der Waals surface area contributed by atoms with Crippen LogP contribution in [0.2, 0.25) is 0 Å². The van der Waals surface area contributed by atoms with E-state index >= 15 is 0 Å². The molecule has 2 atom stereocenters. The Hall–Kier alpha value is -1.16. The fourth-order valence-electron chi connectivity index (χ4n) is 3.23. The number of fused-ring (bicyclic) bond motifs is 1. The van der Waals surface area contributed by atoms with Crippen molar-refractivity contribution in [2.75, 3.05) is 11.9 Å². The van der Waals surface area contributed by atoms with Gasteiger partial charge in [0.1, 0.15) is 12.1 Å². The van der Waals surface area contributed by atoms with Gasteiger partial charge in [0.15, 0.2) is 0 Å². The Labute approximate surface area is 108 Å². The van der Waals surface area contributed by atoms with Gasteiger partial charge >= 0.3 is 0 Å². The molecule has 0 aliphatic heterocycles. The summed E-state index contributed by atoms with van der Waals surface area (Å²) >= 11 is 0. The van der Waals surface area contributed by atoms with Gasteiger partial charge in [0, 0.05) is 23.8 Å². The van der Waals surface area contributed by atoms with Gasteiger partial charge in [-0.3, -0.25) is 0 Å². The maximum absolute atomic E-state index is 6.18. The number of hydrogen-bond donors (Lipinski definition) is 2. The van der Waals surface area contributed by atoms with E-state index in [1.165, 1.54) is 43.4 Å². The summed E-state index contributed by atoms with van der Waals surface area (Å²) in [6.45, 7) is 0.963. The quantitative estimate of drug-likeness (QED) is 0.855. The highest BCUT2D eigenvalue weighted by atomic mass is 15.0. The van der Waals surface area contributed by atoms with Gasteiger partial charge in [-0.25, -0.2) is 9.97 Å². The highest BCUT2D eigenvalue weighted by molar-refractivity contribution is 5.47. The van der Waals surface area contributed by atoms with Crippen molar-refractivity contribution in [2.24, 2.45) is 11.7 Å². The fraction of sp³-hybridized carbons (Fsp3) is 0.714. The number of nitrogens with two attached hydrogens (primary N) is 1. The first-order chi connectivity index (χ1) is 8.84. The van der Waals surface area contributed by atoms with Crippen molar-refractivity contribution in [3.05, 3.63) is 17.6 Å². The second-order valence-corrected chi connectivity index (χ2v) is 5.59. The number of aryl methyl sites for hydroxylation is 1. The molecule has 3 N–H and O–H groups in total. The van der Waals surface area contributed by atoms with Crippen LogP contribution >= 0.6 is 0 Å². The van der Waals surface area contributed by atoms with Crippen molar-refractivity contribution in [3.63, 3.8) is 0 Å². The zero-order chi connectivity index (χ0) is 12.4. The molecule has 2 aliphatic carbocycles. The van der Waals surface area contributed by atoms with Gasteiger partial charge in [0.2, 0.25) is 0 Å². The molecule has 98 valence electrons. The molecule has 4 heteroatoms. The molecule has 0 spiro atoms. The standard InChI is InChI=1S/C14H22N4/c15-12-6-2-1-4-10(12)8-16-14-11-5-3-7-13(11)17-9-18-14/h9-10,12H,1-8,15H2,(H,16,17,18). The van der Waals surface area contributed by atoms with Crippen LogP contribution in [0.1, 0.15) is 43.4 Å². The first-order valence-electron chi connectivity index (χ1n) is 7.17. The number of rotatable bonds is 3. The summed E-state index contributed by atoms with van der Waals surface area (Å²) in [7, 11) is 0. The average Bonchev–Trinajstić information content (AvgIpc) is 2.86. The molecule has 18 heavy (non-hydrogen) atoms. The summed E-state index contributed by atoms with van der Waals surface area (Å²) in [4.78, 5) is 8.75. The molecule has 1 aromatic rings. The summed E-state index contributed by atoms with van der Waals surface area (Å²) in [6, 6.07) is 0.362. The number of anilines is 1. The van der Waals surface area contributed by atoms with Gasteiger partial charge in [0.05, 0.1) is 0 Å². The van der Waals surface area contributed by atoms with E-state index in [4.69, 9.17) is 5.73 Å². The summed E-state index contributed by atoms with van der Waals surface area (Å²) in [5, 5.41) is 3.51. The minimum Gasteiger partial charge on any atom is -0.369 e. The van der Waals surface area contributed by atoms with E-state index in [1.54, 1.807) is 6.33 Å².